The topological polar surface area (TPSA) is 93.5 Å². The fourth-order valence-corrected chi connectivity index (χ4v) is 3.04. The lowest BCUT2D eigenvalue weighted by atomic mass is 9.94. The van der Waals surface area contributed by atoms with Crippen LogP contribution in [0.15, 0.2) is 65.6 Å². The van der Waals surface area contributed by atoms with Gasteiger partial charge in [0.05, 0.1) is 0 Å². The van der Waals surface area contributed by atoms with E-state index >= 15 is 0 Å². The van der Waals surface area contributed by atoms with Gasteiger partial charge in [0.15, 0.2) is 6.61 Å². The molecule has 0 saturated heterocycles. The van der Waals surface area contributed by atoms with Crippen LogP contribution in [0.2, 0.25) is 0 Å². The van der Waals surface area contributed by atoms with Gasteiger partial charge in [-0.25, -0.2) is 17.6 Å². The molecule has 0 aliphatic carbocycles. The molecule has 0 radical (unpaired) electrons. The molecule has 0 bridgehead atoms. The van der Waals surface area contributed by atoms with Crippen LogP contribution in [0.1, 0.15) is 15.9 Å². The first-order chi connectivity index (χ1) is 16.8. The number of amides is 1. The Labute approximate surface area is 197 Å². The van der Waals surface area contributed by atoms with Crippen molar-refractivity contribution in [3.63, 3.8) is 0 Å². The maximum absolute atomic E-state index is 13.0. The summed E-state index contributed by atoms with van der Waals surface area (Å²) in [5, 5.41) is 15.7. The Bertz CT molecular complexity index is 1270. The summed E-state index contributed by atoms with van der Waals surface area (Å²) in [7, 11) is 0. The molecule has 0 unspecified atom stereocenters. The van der Waals surface area contributed by atoms with Crippen molar-refractivity contribution >= 4 is 11.6 Å². The van der Waals surface area contributed by atoms with E-state index in [9.17, 15) is 45.4 Å². The van der Waals surface area contributed by atoms with Gasteiger partial charge in [0, 0.05) is 11.9 Å². The molecule has 0 spiro atoms. The Morgan fingerprint density at radius 1 is 1.00 bits per heavy atom. The summed E-state index contributed by atoms with van der Waals surface area (Å²) in [6.45, 7) is -1.64. The molecular weight excluding hydrogens is 503 g/mol. The molecule has 7 nitrogen and oxygen atoms in total. The van der Waals surface area contributed by atoms with Crippen molar-refractivity contribution in [2.45, 2.75) is 24.6 Å². The molecule has 3 rings (SSSR count). The zero-order valence-corrected chi connectivity index (χ0v) is 17.8. The predicted molar refractivity (Wildman–Crippen MR) is 112 cm³/mol. The van der Waals surface area contributed by atoms with Gasteiger partial charge >= 0.3 is 6.18 Å². The maximum atomic E-state index is 13.0. The van der Waals surface area contributed by atoms with Gasteiger partial charge in [-0.2, -0.15) is 23.0 Å². The zero-order valence-electron chi connectivity index (χ0n) is 17.8. The summed E-state index contributed by atoms with van der Waals surface area (Å²) in [4.78, 5) is 25.5. The lowest BCUT2D eigenvalue weighted by Crippen LogP contribution is -2.41. The Hall–Kier alpha value is -3.94. The number of hydrogen-bond donors (Lipinski definition) is 2. The number of carbonyl (C=O) groups is 1. The second kappa shape index (κ2) is 10.4. The van der Waals surface area contributed by atoms with E-state index in [-0.39, 0.29) is 17.1 Å². The lowest BCUT2D eigenvalue weighted by Gasteiger charge is -2.26. The third-order valence-corrected chi connectivity index (χ3v) is 4.85. The van der Waals surface area contributed by atoms with Crippen LogP contribution in [-0.4, -0.2) is 46.4 Å². The van der Waals surface area contributed by atoms with Crippen molar-refractivity contribution in [2.24, 2.45) is 0 Å². The summed E-state index contributed by atoms with van der Waals surface area (Å²) in [5.74, 6) is -1.35. The lowest BCUT2D eigenvalue weighted by molar-refractivity contribution is -0.183. The molecule has 0 atom stereocenters. The van der Waals surface area contributed by atoms with Crippen LogP contribution in [0, 0.1) is 0 Å². The van der Waals surface area contributed by atoms with E-state index in [4.69, 9.17) is 4.74 Å². The normalized spacial score (nSPS) is 12.2. The highest BCUT2D eigenvalue weighted by Crippen LogP contribution is 2.35. The minimum absolute atomic E-state index is 0.0914. The molecule has 3 aromatic rings. The minimum Gasteiger partial charge on any atom is -0.482 e. The summed E-state index contributed by atoms with van der Waals surface area (Å²) in [5.41, 5.74) is -6.32. The summed E-state index contributed by atoms with van der Waals surface area (Å²) < 4.78 is 95.0. The minimum atomic E-state index is -4.65. The van der Waals surface area contributed by atoms with Gasteiger partial charge in [-0.15, -0.1) is 0 Å². The predicted octanol–water partition coefficient (Wildman–Crippen LogP) is 4.14. The molecule has 1 heterocycles. The van der Waals surface area contributed by atoms with E-state index in [1.165, 1.54) is 24.3 Å². The molecule has 0 aliphatic rings. The molecular formula is C22H16F7N3O4. The Morgan fingerprint density at radius 3 is 2.19 bits per heavy atom. The number of hydrogen-bond acceptors (Lipinski definition) is 5. The quantitative estimate of drug-likeness (QED) is 0.437. The number of carbonyl (C=O) groups excluding carboxylic acids is 1. The number of nitrogens with zero attached hydrogens (tertiary/aromatic N) is 2. The molecule has 0 aliphatic heterocycles. The standard InChI is InChI=1S/C22H16F7N3O4/c23-19(24)22(35,20(25)26)12-5-7-13(8-6-12)31-17(33)14-9-10-30-32(18(14)34)15-3-1-2-4-16(15)36-11-21(27,28)29/h1-10,19-20,35H,11H2,(H,31,33). The van der Waals surface area contributed by atoms with Crippen molar-refractivity contribution in [1.82, 2.24) is 9.78 Å². The number of para-hydroxylation sites is 2. The fourth-order valence-electron chi connectivity index (χ4n) is 3.04. The summed E-state index contributed by atoms with van der Waals surface area (Å²) in [6.07, 6.45) is -11.2. The maximum Gasteiger partial charge on any atom is 0.422 e. The Kier molecular flexibility index (Phi) is 7.67. The number of halogens is 7. The van der Waals surface area contributed by atoms with Crippen LogP contribution in [0.4, 0.5) is 36.4 Å². The van der Waals surface area contributed by atoms with E-state index in [0.29, 0.717) is 4.68 Å². The van der Waals surface area contributed by atoms with Gasteiger partial charge in [0.2, 0.25) is 5.60 Å². The van der Waals surface area contributed by atoms with E-state index in [2.05, 4.69) is 10.4 Å². The second-order valence-electron chi connectivity index (χ2n) is 7.29. The first-order valence-electron chi connectivity index (χ1n) is 9.92. The number of aromatic nitrogens is 2. The number of rotatable bonds is 8. The SMILES string of the molecule is O=C(Nc1ccc(C(O)(C(F)F)C(F)F)cc1)c1ccnn(-c2ccccc2OCC(F)(F)F)c1=O. The zero-order chi connectivity index (χ0) is 26.7. The molecule has 0 saturated carbocycles. The van der Waals surface area contributed by atoms with Crippen LogP contribution in [-0.2, 0) is 5.60 Å². The average Bonchev–Trinajstić information content (AvgIpc) is 2.82. The molecule has 1 amide bonds. The first kappa shape index (κ1) is 26.7. The van der Waals surface area contributed by atoms with E-state index in [1.807, 2.05) is 0 Å². The Balaban J connectivity index is 1.87. The van der Waals surface area contributed by atoms with Gasteiger partial charge in [0.25, 0.3) is 24.3 Å². The van der Waals surface area contributed by atoms with Crippen LogP contribution in [0.5, 0.6) is 5.75 Å². The van der Waals surface area contributed by atoms with Gasteiger partial charge in [-0.05, 0) is 35.9 Å². The molecule has 1 aromatic heterocycles. The van der Waals surface area contributed by atoms with Crippen molar-refractivity contribution in [2.75, 3.05) is 11.9 Å². The number of alkyl halides is 7. The summed E-state index contributed by atoms with van der Waals surface area (Å²) in [6, 6.07) is 9.64. The number of nitrogens with one attached hydrogen (secondary N) is 1. The highest BCUT2D eigenvalue weighted by atomic mass is 19.4. The van der Waals surface area contributed by atoms with Gasteiger partial charge in [0.1, 0.15) is 17.0 Å². The van der Waals surface area contributed by atoms with Gasteiger partial charge in [-0.3, -0.25) is 9.59 Å². The smallest absolute Gasteiger partial charge is 0.422 e. The number of anilines is 1. The second-order valence-corrected chi connectivity index (χ2v) is 7.29. The monoisotopic (exact) mass is 519 g/mol. The van der Waals surface area contributed by atoms with Crippen molar-refractivity contribution in [3.05, 3.63) is 82.3 Å². The van der Waals surface area contributed by atoms with Gasteiger partial charge in [-0.1, -0.05) is 24.3 Å². The van der Waals surface area contributed by atoms with E-state index in [1.54, 1.807) is 0 Å². The van der Waals surface area contributed by atoms with Crippen LogP contribution in [0.25, 0.3) is 5.69 Å². The molecule has 2 aromatic carbocycles. The third-order valence-electron chi connectivity index (χ3n) is 4.85. The van der Waals surface area contributed by atoms with Crippen molar-refractivity contribution in [3.8, 4) is 11.4 Å². The number of benzene rings is 2. The van der Waals surface area contributed by atoms with Crippen molar-refractivity contribution < 1.29 is 45.4 Å². The van der Waals surface area contributed by atoms with Crippen LogP contribution >= 0.6 is 0 Å². The van der Waals surface area contributed by atoms with Crippen molar-refractivity contribution in [1.29, 1.82) is 0 Å². The number of ether oxygens (including phenoxy) is 1. The van der Waals surface area contributed by atoms with Crippen LogP contribution in [0.3, 0.4) is 0 Å². The molecule has 0 fully saturated rings. The largest absolute Gasteiger partial charge is 0.482 e. The summed E-state index contributed by atoms with van der Waals surface area (Å²) >= 11 is 0. The highest BCUT2D eigenvalue weighted by Gasteiger charge is 2.48. The molecule has 192 valence electrons. The first-order valence-corrected chi connectivity index (χ1v) is 9.92. The van der Waals surface area contributed by atoms with Crippen LogP contribution < -0.4 is 15.6 Å². The number of aliphatic hydroxyl groups is 1. The third kappa shape index (κ3) is 5.64. The molecule has 2 N–H and O–H groups in total. The van der Waals surface area contributed by atoms with E-state index < -0.39 is 53.8 Å². The van der Waals surface area contributed by atoms with E-state index in [0.717, 1.165) is 36.5 Å². The Morgan fingerprint density at radius 2 is 1.61 bits per heavy atom. The molecule has 14 heteroatoms. The van der Waals surface area contributed by atoms with Gasteiger partial charge < -0.3 is 15.2 Å². The molecule has 36 heavy (non-hydrogen) atoms. The fraction of sp³-hybridized carbons (Fsp3) is 0.227. The average molecular weight is 519 g/mol. The highest BCUT2D eigenvalue weighted by molar-refractivity contribution is 6.04.